The number of aromatic hydroxyl groups is 1. The van der Waals surface area contributed by atoms with Gasteiger partial charge in [-0.3, -0.25) is 14.6 Å². The average Bonchev–Trinajstić information content (AvgIpc) is 2.83. The second kappa shape index (κ2) is 11.0. The van der Waals surface area contributed by atoms with Crippen LogP contribution in [0.1, 0.15) is 60.4 Å². The predicted octanol–water partition coefficient (Wildman–Crippen LogP) is 5.03. The van der Waals surface area contributed by atoms with E-state index in [1.54, 1.807) is 31.2 Å². The van der Waals surface area contributed by atoms with Gasteiger partial charge in [-0.1, -0.05) is 43.0 Å². The van der Waals surface area contributed by atoms with Crippen molar-refractivity contribution < 1.29 is 23.1 Å². The lowest BCUT2D eigenvalue weighted by molar-refractivity contribution is -0.137. The van der Waals surface area contributed by atoms with Gasteiger partial charge in [0.25, 0.3) is 0 Å². The van der Waals surface area contributed by atoms with Crippen LogP contribution in [0, 0.1) is 6.92 Å². The normalized spacial score (nSPS) is 19.4. The number of carbonyl (C=O) groups excluding carboxylic acids is 1. The highest BCUT2D eigenvalue weighted by Crippen LogP contribution is 2.31. The van der Waals surface area contributed by atoms with E-state index in [1.165, 1.54) is 32.1 Å². The Morgan fingerprint density at radius 1 is 1.06 bits per heavy atom. The molecule has 5 nitrogen and oxygen atoms in total. The van der Waals surface area contributed by atoms with E-state index in [4.69, 9.17) is 0 Å². The average molecular weight is 490 g/mol. The van der Waals surface area contributed by atoms with Crippen molar-refractivity contribution in [1.82, 2.24) is 15.1 Å². The molecule has 2 fully saturated rings. The predicted molar refractivity (Wildman–Crippen MR) is 129 cm³/mol. The number of hydrogen-bond donors (Lipinski definition) is 2. The quantitative estimate of drug-likeness (QED) is 0.598. The van der Waals surface area contributed by atoms with Crippen LogP contribution in [0.15, 0.2) is 42.5 Å². The third-order valence-electron chi connectivity index (χ3n) is 7.17. The number of piperazine rings is 1. The van der Waals surface area contributed by atoms with Crippen LogP contribution >= 0.6 is 0 Å². The number of benzene rings is 2. The van der Waals surface area contributed by atoms with E-state index in [0.29, 0.717) is 35.8 Å². The summed E-state index contributed by atoms with van der Waals surface area (Å²) >= 11 is 0. The second-order valence-electron chi connectivity index (χ2n) is 9.78. The van der Waals surface area contributed by atoms with Crippen LogP contribution in [0.5, 0.6) is 5.75 Å². The van der Waals surface area contributed by atoms with Crippen LogP contribution in [-0.2, 0) is 17.5 Å². The zero-order valence-electron chi connectivity index (χ0n) is 20.2. The zero-order chi connectivity index (χ0) is 25.0. The lowest BCUT2D eigenvalue weighted by atomic mass is 9.93. The number of phenols is 1. The third kappa shape index (κ3) is 6.55. The fraction of sp³-hybridized carbons (Fsp3) is 0.519. The van der Waals surface area contributed by atoms with Crippen LogP contribution in [-0.4, -0.2) is 53.0 Å². The Balaban J connectivity index is 1.47. The molecule has 2 aromatic carbocycles. The van der Waals surface area contributed by atoms with Gasteiger partial charge >= 0.3 is 6.18 Å². The van der Waals surface area contributed by atoms with Gasteiger partial charge < -0.3 is 10.4 Å². The fourth-order valence-electron chi connectivity index (χ4n) is 5.44. The summed E-state index contributed by atoms with van der Waals surface area (Å²) in [7, 11) is 0. The Morgan fingerprint density at radius 3 is 2.43 bits per heavy atom. The summed E-state index contributed by atoms with van der Waals surface area (Å²) in [6.45, 7) is 4.79. The maximum Gasteiger partial charge on any atom is 0.416 e. The molecule has 0 spiro atoms. The molecule has 1 heterocycles. The second-order valence-corrected chi connectivity index (χ2v) is 9.78. The minimum Gasteiger partial charge on any atom is -0.508 e. The first kappa shape index (κ1) is 25.5. The van der Waals surface area contributed by atoms with Crippen LogP contribution in [0.3, 0.4) is 0 Å². The van der Waals surface area contributed by atoms with Crippen molar-refractivity contribution >= 4 is 5.91 Å². The molecule has 0 aromatic heterocycles. The van der Waals surface area contributed by atoms with Crippen LogP contribution in [0.25, 0.3) is 0 Å². The van der Waals surface area contributed by atoms with Crippen molar-refractivity contribution in [2.45, 2.75) is 63.8 Å². The number of halogens is 3. The van der Waals surface area contributed by atoms with E-state index in [1.807, 2.05) is 6.07 Å². The van der Waals surface area contributed by atoms with Crippen molar-refractivity contribution in [2.24, 2.45) is 0 Å². The molecule has 0 bridgehead atoms. The Hall–Kier alpha value is -2.58. The molecule has 1 aliphatic carbocycles. The minimum absolute atomic E-state index is 0.000941. The number of phenolic OH excluding ortho intramolecular Hbond substituents is 1. The molecule has 1 unspecified atom stereocenters. The summed E-state index contributed by atoms with van der Waals surface area (Å²) in [6.07, 6.45) is 1.87. The Morgan fingerprint density at radius 2 is 1.77 bits per heavy atom. The Bertz CT molecular complexity index is 1010. The van der Waals surface area contributed by atoms with Gasteiger partial charge in [-0.2, -0.15) is 13.2 Å². The van der Waals surface area contributed by atoms with Gasteiger partial charge in [0, 0.05) is 38.8 Å². The van der Waals surface area contributed by atoms with E-state index in [2.05, 4.69) is 15.1 Å². The Labute approximate surface area is 204 Å². The van der Waals surface area contributed by atoms with Gasteiger partial charge in [0.05, 0.1) is 5.56 Å². The van der Waals surface area contributed by atoms with Crippen LogP contribution < -0.4 is 5.32 Å². The first-order valence-corrected chi connectivity index (χ1v) is 12.4. The minimum atomic E-state index is -4.44. The topological polar surface area (TPSA) is 55.8 Å². The number of nitrogens with zero attached hydrogens (tertiary/aromatic N) is 2. The third-order valence-corrected chi connectivity index (χ3v) is 7.17. The first-order chi connectivity index (χ1) is 16.7. The molecule has 4 rings (SSSR count). The van der Waals surface area contributed by atoms with Gasteiger partial charge in [0.2, 0.25) is 5.91 Å². The molecule has 1 saturated carbocycles. The van der Waals surface area contributed by atoms with E-state index in [0.717, 1.165) is 25.2 Å². The maximum atomic E-state index is 13.4. The molecule has 1 aliphatic heterocycles. The SMILES string of the molecule is Cc1cc(CNC(=O)C(c2cccc(O)c2)N2CCN(C3CCCCC3)CC2)cc(C(F)(F)F)c1. The molecular formula is C27H34F3N3O2. The van der Waals surface area contributed by atoms with Crippen molar-refractivity contribution in [3.63, 3.8) is 0 Å². The molecular weight excluding hydrogens is 455 g/mol. The van der Waals surface area contributed by atoms with Gasteiger partial charge in [-0.05, 0) is 55.2 Å². The monoisotopic (exact) mass is 489 g/mol. The molecule has 1 saturated heterocycles. The number of amides is 1. The molecule has 1 amide bonds. The van der Waals surface area contributed by atoms with Crippen molar-refractivity contribution in [3.05, 3.63) is 64.7 Å². The number of hydrogen-bond acceptors (Lipinski definition) is 4. The molecule has 1 atom stereocenters. The molecule has 0 radical (unpaired) electrons. The number of carbonyl (C=O) groups is 1. The first-order valence-electron chi connectivity index (χ1n) is 12.4. The maximum absolute atomic E-state index is 13.4. The van der Waals surface area contributed by atoms with Gasteiger partial charge in [0.15, 0.2) is 0 Å². The molecule has 2 N–H and O–H groups in total. The zero-order valence-corrected chi connectivity index (χ0v) is 20.2. The molecule has 8 heteroatoms. The molecule has 2 aliphatic rings. The lowest BCUT2D eigenvalue weighted by Gasteiger charge is -2.43. The van der Waals surface area contributed by atoms with E-state index < -0.39 is 17.8 Å². The van der Waals surface area contributed by atoms with Crippen molar-refractivity contribution in [1.29, 1.82) is 0 Å². The van der Waals surface area contributed by atoms with Crippen molar-refractivity contribution in [2.75, 3.05) is 26.2 Å². The van der Waals surface area contributed by atoms with Crippen LogP contribution in [0.4, 0.5) is 13.2 Å². The molecule has 190 valence electrons. The number of nitrogens with one attached hydrogen (secondary N) is 1. The van der Waals surface area contributed by atoms with Gasteiger partial charge in [-0.25, -0.2) is 0 Å². The van der Waals surface area contributed by atoms with E-state index in [-0.39, 0.29) is 18.2 Å². The fourth-order valence-corrected chi connectivity index (χ4v) is 5.44. The summed E-state index contributed by atoms with van der Waals surface area (Å²) < 4.78 is 39.7. The molecule has 35 heavy (non-hydrogen) atoms. The number of alkyl halides is 3. The number of aryl methyl sites for hydroxylation is 1. The highest BCUT2D eigenvalue weighted by molar-refractivity contribution is 5.83. The Kier molecular flexibility index (Phi) is 8.02. The van der Waals surface area contributed by atoms with Gasteiger partial charge in [0.1, 0.15) is 11.8 Å². The van der Waals surface area contributed by atoms with E-state index in [9.17, 15) is 23.1 Å². The largest absolute Gasteiger partial charge is 0.508 e. The van der Waals surface area contributed by atoms with Crippen LogP contribution in [0.2, 0.25) is 0 Å². The summed E-state index contributed by atoms with van der Waals surface area (Å²) in [5, 5.41) is 12.9. The summed E-state index contributed by atoms with van der Waals surface area (Å²) in [5.41, 5.74) is 0.855. The smallest absolute Gasteiger partial charge is 0.416 e. The lowest BCUT2D eigenvalue weighted by Crippen LogP contribution is -2.53. The summed E-state index contributed by atoms with van der Waals surface area (Å²) in [4.78, 5) is 18.0. The number of rotatable bonds is 6. The van der Waals surface area contributed by atoms with Crippen molar-refractivity contribution in [3.8, 4) is 5.75 Å². The highest BCUT2D eigenvalue weighted by atomic mass is 19.4. The van der Waals surface area contributed by atoms with Gasteiger partial charge in [-0.15, -0.1) is 0 Å². The summed E-state index contributed by atoms with van der Waals surface area (Å²) in [5.74, 6) is -0.202. The summed E-state index contributed by atoms with van der Waals surface area (Å²) in [6, 6.07) is 10.5. The highest BCUT2D eigenvalue weighted by Gasteiger charge is 2.33. The molecule has 2 aromatic rings. The standard InChI is InChI=1S/C27H34F3N3O2/c1-19-14-20(16-22(15-19)27(28,29)30)18-31-26(35)25(21-6-5-9-24(34)17-21)33-12-10-32(11-13-33)23-7-3-2-4-8-23/h5-6,9,14-17,23,25,34H,2-4,7-8,10-13,18H2,1H3,(H,31,35). The van der Waals surface area contributed by atoms with E-state index >= 15 is 0 Å².